The monoisotopic (exact) mass is 525 g/mol. The number of hydrogen-bond acceptors (Lipinski definition) is 5. The maximum absolute atomic E-state index is 13.7. The number of carbonyl (C=O) groups is 1. The van der Waals surface area contributed by atoms with Crippen LogP contribution >= 0.6 is 0 Å². The van der Waals surface area contributed by atoms with Crippen LogP contribution in [0.1, 0.15) is 34.1 Å². The number of alkyl halides is 2. The number of nitrogens with zero attached hydrogens (tertiary/aromatic N) is 2. The molecule has 1 aromatic heterocycles. The molecular weight excluding hydrogens is 500 g/mol. The summed E-state index contributed by atoms with van der Waals surface area (Å²) >= 11 is 0. The van der Waals surface area contributed by atoms with Crippen LogP contribution in [-0.2, 0) is 23.9 Å². The van der Waals surface area contributed by atoms with Gasteiger partial charge in [-0.05, 0) is 52.7 Å². The summed E-state index contributed by atoms with van der Waals surface area (Å²) < 4.78 is 39.1. The Morgan fingerprint density at radius 1 is 0.872 bits per heavy atom. The molecule has 1 heterocycles. The number of carbonyl (C=O) groups excluding carboxylic acids is 1. The van der Waals surface area contributed by atoms with Gasteiger partial charge in [0.15, 0.2) is 0 Å². The van der Waals surface area contributed by atoms with Crippen LogP contribution in [0, 0.1) is 0 Å². The molecular formula is C31H25F2N3O3. The number of rotatable bonds is 9. The maximum atomic E-state index is 13.7. The fraction of sp³-hybridized carbons (Fsp3) is 0.129. The van der Waals surface area contributed by atoms with E-state index in [0.29, 0.717) is 47.2 Å². The van der Waals surface area contributed by atoms with E-state index >= 15 is 0 Å². The first-order chi connectivity index (χ1) is 18.8. The molecule has 6 nitrogen and oxygen atoms in total. The highest BCUT2D eigenvalue weighted by molar-refractivity contribution is 6.13. The summed E-state index contributed by atoms with van der Waals surface area (Å²) in [6.45, 7) is 1.60. The largest absolute Gasteiger partial charge is 0.439 e. The van der Waals surface area contributed by atoms with Crippen LogP contribution in [0.4, 0.5) is 14.5 Å². The first-order valence-electron chi connectivity index (χ1n) is 12.3. The Labute approximate surface area is 224 Å². The van der Waals surface area contributed by atoms with E-state index in [9.17, 15) is 13.6 Å². The fourth-order valence-corrected chi connectivity index (χ4v) is 4.07. The molecule has 0 radical (unpaired) electrons. The first-order valence-corrected chi connectivity index (χ1v) is 12.3. The van der Waals surface area contributed by atoms with Gasteiger partial charge in [0.2, 0.25) is 5.88 Å². The summed E-state index contributed by atoms with van der Waals surface area (Å²) in [5, 5.41) is 4.18. The third-order valence-corrected chi connectivity index (χ3v) is 6.01. The summed E-state index contributed by atoms with van der Waals surface area (Å²) in [7, 11) is 0. The number of hydrogen-bond donors (Lipinski definition) is 1. The van der Waals surface area contributed by atoms with Crippen molar-refractivity contribution >= 4 is 22.4 Å². The summed E-state index contributed by atoms with van der Waals surface area (Å²) in [5.74, 6) is -2.50. The molecule has 0 fully saturated rings. The highest BCUT2D eigenvalue weighted by atomic mass is 19.3. The van der Waals surface area contributed by atoms with E-state index in [-0.39, 0.29) is 5.56 Å². The SMILES string of the molecule is CC(F)(F)c1cccc(NC(=O)c2cccc3cc(Oc4cc(COCc5ccccc5)ncn4)ccc23)c1. The molecule has 0 saturated heterocycles. The molecule has 8 heteroatoms. The van der Waals surface area contributed by atoms with E-state index in [1.807, 2.05) is 36.4 Å². The number of amides is 1. The van der Waals surface area contributed by atoms with Crippen LogP contribution in [0.5, 0.6) is 11.6 Å². The molecule has 0 spiro atoms. The smallest absolute Gasteiger partial charge is 0.270 e. The summed E-state index contributed by atoms with van der Waals surface area (Å²) in [6, 6.07) is 27.9. The van der Waals surface area contributed by atoms with Gasteiger partial charge in [0, 0.05) is 29.8 Å². The van der Waals surface area contributed by atoms with E-state index in [0.717, 1.165) is 17.9 Å². The molecule has 0 unspecified atom stereocenters. The Kier molecular flexibility index (Phi) is 7.56. The normalized spacial score (nSPS) is 11.4. The fourth-order valence-electron chi connectivity index (χ4n) is 4.07. The lowest BCUT2D eigenvalue weighted by Gasteiger charge is -2.13. The Morgan fingerprint density at radius 3 is 2.51 bits per heavy atom. The number of halogens is 2. The third-order valence-electron chi connectivity index (χ3n) is 6.01. The van der Waals surface area contributed by atoms with Crippen LogP contribution in [-0.4, -0.2) is 15.9 Å². The quantitative estimate of drug-likeness (QED) is 0.216. The number of aromatic nitrogens is 2. The van der Waals surface area contributed by atoms with Gasteiger partial charge in [0.1, 0.15) is 12.1 Å². The molecule has 4 aromatic carbocycles. The van der Waals surface area contributed by atoms with Crippen molar-refractivity contribution in [2.75, 3.05) is 5.32 Å². The van der Waals surface area contributed by atoms with Gasteiger partial charge in [-0.3, -0.25) is 4.79 Å². The van der Waals surface area contributed by atoms with Crippen molar-refractivity contribution in [3.05, 3.63) is 126 Å². The lowest BCUT2D eigenvalue weighted by Crippen LogP contribution is -2.14. The Hall–Kier alpha value is -4.69. The molecule has 0 bridgehead atoms. The number of fused-ring (bicyclic) bond motifs is 1. The maximum Gasteiger partial charge on any atom is 0.270 e. The van der Waals surface area contributed by atoms with Gasteiger partial charge in [-0.1, -0.05) is 54.6 Å². The number of nitrogens with one attached hydrogen (secondary N) is 1. The van der Waals surface area contributed by atoms with Crippen molar-refractivity contribution in [3.63, 3.8) is 0 Å². The first kappa shape index (κ1) is 25.9. The average molecular weight is 526 g/mol. The van der Waals surface area contributed by atoms with Gasteiger partial charge >= 0.3 is 0 Å². The van der Waals surface area contributed by atoms with Crippen molar-refractivity contribution in [1.29, 1.82) is 0 Å². The summed E-state index contributed by atoms with van der Waals surface area (Å²) in [5.41, 5.74) is 2.29. The molecule has 0 aliphatic heterocycles. The minimum absolute atomic E-state index is 0.171. The van der Waals surface area contributed by atoms with Crippen LogP contribution in [0.15, 0.2) is 103 Å². The van der Waals surface area contributed by atoms with Crippen LogP contribution in [0.2, 0.25) is 0 Å². The van der Waals surface area contributed by atoms with Gasteiger partial charge in [-0.25, -0.2) is 18.7 Å². The lowest BCUT2D eigenvalue weighted by molar-refractivity contribution is 0.0175. The molecule has 1 amide bonds. The standard InChI is InChI=1S/C31H25F2N3O3/c1-31(32,33)23-10-6-11-24(16-23)36-30(37)28-12-5-9-22-15-26(13-14-27(22)28)39-29-17-25(34-20-35-29)19-38-18-21-7-3-2-4-8-21/h2-17,20H,18-19H2,1H3,(H,36,37). The van der Waals surface area contributed by atoms with Crippen molar-refractivity contribution in [2.24, 2.45) is 0 Å². The second kappa shape index (κ2) is 11.4. The Morgan fingerprint density at radius 2 is 1.69 bits per heavy atom. The van der Waals surface area contributed by atoms with Crippen molar-refractivity contribution in [1.82, 2.24) is 9.97 Å². The van der Waals surface area contributed by atoms with E-state index < -0.39 is 11.8 Å². The summed E-state index contributed by atoms with van der Waals surface area (Å²) in [6.07, 6.45) is 1.42. The molecule has 5 rings (SSSR count). The highest BCUT2D eigenvalue weighted by Gasteiger charge is 2.24. The molecule has 0 aliphatic rings. The number of anilines is 1. The van der Waals surface area contributed by atoms with Gasteiger partial charge in [0.25, 0.3) is 11.8 Å². The minimum atomic E-state index is -3.00. The zero-order valence-corrected chi connectivity index (χ0v) is 21.1. The molecule has 5 aromatic rings. The van der Waals surface area contributed by atoms with E-state index in [4.69, 9.17) is 9.47 Å². The predicted molar refractivity (Wildman–Crippen MR) is 145 cm³/mol. The zero-order valence-electron chi connectivity index (χ0n) is 21.1. The second-order valence-corrected chi connectivity index (χ2v) is 9.04. The number of ether oxygens (including phenoxy) is 2. The zero-order chi connectivity index (χ0) is 27.2. The molecule has 0 aliphatic carbocycles. The molecule has 39 heavy (non-hydrogen) atoms. The van der Waals surface area contributed by atoms with Crippen molar-refractivity contribution in [2.45, 2.75) is 26.1 Å². The topological polar surface area (TPSA) is 73.3 Å². The summed E-state index contributed by atoms with van der Waals surface area (Å²) in [4.78, 5) is 21.5. The van der Waals surface area contributed by atoms with Gasteiger partial charge < -0.3 is 14.8 Å². The Bertz CT molecular complexity index is 1600. The van der Waals surface area contributed by atoms with Crippen LogP contribution < -0.4 is 10.1 Å². The molecule has 0 saturated carbocycles. The second-order valence-electron chi connectivity index (χ2n) is 9.04. The van der Waals surface area contributed by atoms with Gasteiger partial charge in [-0.2, -0.15) is 0 Å². The van der Waals surface area contributed by atoms with Gasteiger partial charge in [0.05, 0.1) is 18.9 Å². The van der Waals surface area contributed by atoms with Crippen molar-refractivity contribution < 1.29 is 23.0 Å². The Balaban J connectivity index is 1.28. The van der Waals surface area contributed by atoms with Gasteiger partial charge in [-0.15, -0.1) is 0 Å². The lowest BCUT2D eigenvalue weighted by atomic mass is 10.0. The van der Waals surface area contributed by atoms with Crippen molar-refractivity contribution in [3.8, 4) is 11.6 Å². The molecule has 196 valence electrons. The molecule has 0 atom stereocenters. The average Bonchev–Trinajstić information content (AvgIpc) is 2.93. The number of benzene rings is 4. The molecule has 1 N–H and O–H groups in total. The highest BCUT2D eigenvalue weighted by Crippen LogP contribution is 2.30. The van der Waals surface area contributed by atoms with E-state index in [2.05, 4.69) is 15.3 Å². The third kappa shape index (κ3) is 6.61. The predicted octanol–water partition coefficient (Wildman–Crippen LogP) is 7.50. The van der Waals surface area contributed by atoms with Crippen LogP contribution in [0.3, 0.4) is 0 Å². The minimum Gasteiger partial charge on any atom is -0.439 e. The van der Waals surface area contributed by atoms with Crippen LogP contribution in [0.25, 0.3) is 10.8 Å². The van der Waals surface area contributed by atoms with E-state index in [1.165, 1.54) is 24.5 Å². The van der Waals surface area contributed by atoms with E-state index in [1.54, 1.807) is 42.5 Å².